The standard InChI is InChI=1S/C13H28N4O/c1-12(2)14-5-4-13(18)15-6-7-17-10-8-16(3)9-11-17/h12,14H,4-11H2,1-3H3,(H,15,18). The summed E-state index contributed by atoms with van der Waals surface area (Å²) < 4.78 is 0. The highest BCUT2D eigenvalue weighted by molar-refractivity contribution is 5.76. The van der Waals surface area contributed by atoms with E-state index in [1.54, 1.807) is 0 Å². The third-order valence-electron chi connectivity index (χ3n) is 3.25. The molecule has 0 bridgehead atoms. The Morgan fingerprint density at radius 1 is 1.17 bits per heavy atom. The SMILES string of the molecule is CC(C)NCCC(=O)NCCN1CCN(C)CC1. The summed E-state index contributed by atoms with van der Waals surface area (Å²) in [4.78, 5) is 16.3. The minimum Gasteiger partial charge on any atom is -0.355 e. The number of rotatable bonds is 7. The molecule has 0 aliphatic carbocycles. The van der Waals surface area contributed by atoms with E-state index in [0.29, 0.717) is 12.5 Å². The lowest BCUT2D eigenvalue weighted by Gasteiger charge is -2.32. The number of carbonyl (C=O) groups excluding carboxylic acids is 1. The molecule has 2 N–H and O–H groups in total. The number of likely N-dealkylation sites (N-methyl/N-ethyl adjacent to an activating group) is 1. The Kier molecular flexibility index (Phi) is 7.23. The van der Waals surface area contributed by atoms with Crippen molar-refractivity contribution in [3.8, 4) is 0 Å². The zero-order valence-corrected chi connectivity index (χ0v) is 12.0. The van der Waals surface area contributed by atoms with E-state index in [-0.39, 0.29) is 5.91 Å². The summed E-state index contributed by atoms with van der Waals surface area (Å²) >= 11 is 0. The van der Waals surface area contributed by atoms with Gasteiger partial charge in [-0.2, -0.15) is 0 Å². The van der Waals surface area contributed by atoms with Gasteiger partial charge in [0.25, 0.3) is 0 Å². The Morgan fingerprint density at radius 2 is 1.83 bits per heavy atom. The maximum absolute atomic E-state index is 11.5. The quantitative estimate of drug-likeness (QED) is 0.659. The molecule has 5 heteroatoms. The smallest absolute Gasteiger partial charge is 0.221 e. The van der Waals surface area contributed by atoms with E-state index in [4.69, 9.17) is 0 Å². The first-order valence-electron chi connectivity index (χ1n) is 6.99. The van der Waals surface area contributed by atoms with E-state index in [0.717, 1.165) is 45.8 Å². The molecule has 0 spiro atoms. The second-order valence-corrected chi connectivity index (χ2v) is 5.35. The summed E-state index contributed by atoms with van der Waals surface area (Å²) in [5.74, 6) is 0.150. The largest absolute Gasteiger partial charge is 0.355 e. The third-order valence-corrected chi connectivity index (χ3v) is 3.25. The maximum atomic E-state index is 11.5. The van der Waals surface area contributed by atoms with Gasteiger partial charge in [-0.05, 0) is 7.05 Å². The lowest BCUT2D eigenvalue weighted by molar-refractivity contribution is -0.121. The van der Waals surface area contributed by atoms with Crippen LogP contribution in [-0.4, -0.2) is 74.6 Å². The summed E-state index contributed by atoms with van der Waals surface area (Å²) in [6, 6.07) is 0.447. The van der Waals surface area contributed by atoms with Crippen LogP contribution in [0.15, 0.2) is 0 Å². The molecule has 1 aliphatic heterocycles. The maximum Gasteiger partial charge on any atom is 0.221 e. The van der Waals surface area contributed by atoms with E-state index in [2.05, 4.69) is 41.3 Å². The zero-order chi connectivity index (χ0) is 13.4. The average molecular weight is 256 g/mol. The van der Waals surface area contributed by atoms with Gasteiger partial charge in [-0.15, -0.1) is 0 Å². The van der Waals surface area contributed by atoms with Crippen LogP contribution in [0.25, 0.3) is 0 Å². The highest BCUT2D eigenvalue weighted by Crippen LogP contribution is 1.97. The fraction of sp³-hybridized carbons (Fsp3) is 0.923. The molecule has 0 atom stereocenters. The van der Waals surface area contributed by atoms with Crippen molar-refractivity contribution in [3.63, 3.8) is 0 Å². The molecule has 0 unspecified atom stereocenters. The van der Waals surface area contributed by atoms with Crippen LogP contribution in [0.3, 0.4) is 0 Å². The van der Waals surface area contributed by atoms with E-state index < -0.39 is 0 Å². The molecule has 0 radical (unpaired) electrons. The molecule has 106 valence electrons. The van der Waals surface area contributed by atoms with E-state index in [9.17, 15) is 4.79 Å². The molecule has 1 saturated heterocycles. The van der Waals surface area contributed by atoms with Gasteiger partial charge in [-0.1, -0.05) is 13.8 Å². The number of piperazine rings is 1. The molecule has 1 aliphatic rings. The minimum absolute atomic E-state index is 0.150. The molecule has 1 fully saturated rings. The van der Waals surface area contributed by atoms with Gasteiger partial charge in [-0.25, -0.2) is 0 Å². The summed E-state index contributed by atoms with van der Waals surface area (Å²) in [5, 5.41) is 6.22. The Morgan fingerprint density at radius 3 is 2.44 bits per heavy atom. The Hall–Kier alpha value is -0.650. The van der Waals surface area contributed by atoms with Crippen LogP contribution < -0.4 is 10.6 Å². The van der Waals surface area contributed by atoms with Gasteiger partial charge in [0.05, 0.1) is 0 Å². The molecule has 0 aromatic carbocycles. The van der Waals surface area contributed by atoms with Gasteiger partial charge in [-0.3, -0.25) is 9.69 Å². The molecule has 5 nitrogen and oxygen atoms in total. The van der Waals surface area contributed by atoms with Crippen LogP contribution in [0.5, 0.6) is 0 Å². The molecular weight excluding hydrogens is 228 g/mol. The van der Waals surface area contributed by atoms with Crippen LogP contribution in [-0.2, 0) is 4.79 Å². The molecule has 18 heavy (non-hydrogen) atoms. The van der Waals surface area contributed by atoms with Crippen LogP contribution in [0.1, 0.15) is 20.3 Å². The highest BCUT2D eigenvalue weighted by Gasteiger charge is 2.13. The van der Waals surface area contributed by atoms with Gasteiger partial charge in [0.1, 0.15) is 0 Å². The number of carbonyl (C=O) groups is 1. The zero-order valence-electron chi connectivity index (χ0n) is 12.0. The lowest BCUT2D eigenvalue weighted by atomic mass is 10.3. The molecule has 1 heterocycles. The third kappa shape index (κ3) is 6.93. The van der Waals surface area contributed by atoms with Crippen molar-refractivity contribution in [1.82, 2.24) is 20.4 Å². The molecule has 0 aromatic heterocycles. The van der Waals surface area contributed by atoms with Crippen molar-refractivity contribution in [2.45, 2.75) is 26.3 Å². The molecule has 0 aromatic rings. The second kappa shape index (κ2) is 8.45. The van der Waals surface area contributed by atoms with Gasteiger partial charge in [0.15, 0.2) is 0 Å². The van der Waals surface area contributed by atoms with Crippen LogP contribution in [0.4, 0.5) is 0 Å². The first-order valence-corrected chi connectivity index (χ1v) is 6.99. The van der Waals surface area contributed by atoms with Gasteiger partial charge < -0.3 is 15.5 Å². The Bertz CT molecular complexity index is 237. The van der Waals surface area contributed by atoms with Gasteiger partial charge in [0.2, 0.25) is 5.91 Å². The van der Waals surface area contributed by atoms with Gasteiger partial charge >= 0.3 is 0 Å². The first-order chi connectivity index (χ1) is 8.58. The van der Waals surface area contributed by atoms with Crippen molar-refractivity contribution in [1.29, 1.82) is 0 Å². The second-order valence-electron chi connectivity index (χ2n) is 5.35. The van der Waals surface area contributed by atoms with Crippen LogP contribution in [0, 0.1) is 0 Å². The van der Waals surface area contributed by atoms with Crippen LogP contribution in [0.2, 0.25) is 0 Å². The van der Waals surface area contributed by atoms with Crippen LogP contribution >= 0.6 is 0 Å². The van der Waals surface area contributed by atoms with E-state index in [1.165, 1.54) is 0 Å². The predicted molar refractivity (Wildman–Crippen MR) is 74.7 cm³/mol. The Labute approximate surface area is 111 Å². The molecule has 1 rings (SSSR count). The van der Waals surface area contributed by atoms with E-state index >= 15 is 0 Å². The van der Waals surface area contributed by atoms with Crippen molar-refractivity contribution in [2.24, 2.45) is 0 Å². The summed E-state index contributed by atoms with van der Waals surface area (Å²) in [6.07, 6.45) is 0.570. The fourth-order valence-corrected chi connectivity index (χ4v) is 1.99. The average Bonchev–Trinajstić information content (AvgIpc) is 2.31. The number of nitrogens with one attached hydrogen (secondary N) is 2. The highest BCUT2D eigenvalue weighted by atomic mass is 16.1. The van der Waals surface area contributed by atoms with Gasteiger partial charge in [0, 0.05) is 58.3 Å². The minimum atomic E-state index is 0.150. The number of nitrogens with zero attached hydrogens (tertiary/aromatic N) is 2. The molecule has 0 saturated carbocycles. The molecular formula is C13H28N4O. The van der Waals surface area contributed by atoms with Crippen molar-refractivity contribution < 1.29 is 4.79 Å². The number of hydrogen-bond donors (Lipinski definition) is 2. The number of hydrogen-bond acceptors (Lipinski definition) is 4. The normalized spacial score (nSPS) is 18.2. The summed E-state index contributed by atoms with van der Waals surface area (Å²) in [6.45, 7) is 11.2. The van der Waals surface area contributed by atoms with Crippen molar-refractivity contribution in [3.05, 3.63) is 0 Å². The molecule has 1 amide bonds. The first kappa shape index (κ1) is 15.4. The Balaban J connectivity index is 1.98. The monoisotopic (exact) mass is 256 g/mol. The number of amides is 1. The predicted octanol–water partition coefficient (Wildman–Crippen LogP) is -0.262. The van der Waals surface area contributed by atoms with Crippen molar-refractivity contribution >= 4 is 5.91 Å². The summed E-state index contributed by atoms with van der Waals surface area (Å²) in [7, 11) is 2.15. The van der Waals surface area contributed by atoms with Crippen molar-refractivity contribution in [2.75, 3.05) is 52.9 Å². The summed E-state index contributed by atoms with van der Waals surface area (Å²) in [5.41, 5.74) is 0. The topological polar surface area (TPSA) is 47.6 Å². The lowest BCUT2D eigenvalue weighted by Crippen LogP contribution is -2.47. The fourth-order valence-electron chi connectivity index (χ4n) is 1.99. The van der Waals surface area contributed by atoms with E-state index in [1.807, 2.05) is 0 Å².